The number of nitrogens with zero attached hydrogens (tertiary/aromatic N) is 1. The van der Waals surface area contributed by atoms with Crippen LogP contribution in [0.25, 0.3) is 0 Å². The number of unbranched alkanes of at least 4 members (excludes halogenated alkanes) is 1. The van der Waals surface area contributed by atoms with Gasteiger partial charge in [0.25, 0.3) is 0 Å². The Labute approximate surface area is 97.2 Å². The molecule has 1 aromatic heterocycles. The van der Waals surface area contributed by atoms with Crippen LogP contribution in [0.1, 0.15) is 33.1 Å². The zero-order valence-corrected chi connectivity index (χ0v) is 10.1. The fraction of sp³-hybridized carbons (Fsp3) is 0.583. The van der Waals surface area contributed by atoms with E-state index in [0.717, 1.165) is 25.2 Å². The summed E-state index contributed by atoms with van der Waals surface area (Å²) in [6.45, 7) is 5.80. The summed E-state index contributed by atoms with van der Waals surface area (Å²) in [5, 5.41) is 3.24. The van der Waals surface area contributed by atoms with Gasteiger partial charge in [0, 0.05) is 6.54 Å². The molecule has 0 radical (unpaired) electrons. The Morgan fingerprint density at radius 1 is 1.31 bits per heavy atom. The average Bonchev–Trinajstić information content (AvgIpc) is 2.30. The van der Waals surface area contributed by atoms with Crippen molar-refractivity contribution in [3.63, 3.8) is 0 Å². The van der Waals surface area contributed by atoms with Crippen LogP contribution in [0.4, 0.5) is 11.5 Å². The summed E-state index contributed by atoms with van der Waals surface area (Å²) in [5.74, 6) is 1.36. The van der Waals surface area contributed by atoms with E-state index in [4.69, 9.17) is 10.5 Å². The third kappa shape index (κ3) is 3.96. The first-order valence-electron chi connectivity index (χ1n) is 5.91. The number of nitrogens with two attached hydrogens (primary N) is 1. The number of hydrogen-bond donors (Lipinski definition) is 2. The van der Waals surface area contributed by atoms with Gasteiger partial charge in [-0.2, -0.15) is 4.98 Å². The second-order valence-corrected chi connectivity index (χ2v) is 3.72. The Kier molecular flexibility index (Phi) is 5.46. The SMILES string of the molecule is CCCCNc1ccc(N)c(OCCC)n1. The number of pyridine rings is 1. The summed E-state index contributed by atoms with van der Waals surface area (Å²) in [6.07, 6.45) is 3.26. The van der Waals surface area contributed by atoms with Gasteiger partial charge >= 0.3 is 0 Å². The Morgan fingerprint density at radius 3 is 2.81 bits per heavy atom. The lowest BCUT2D eigenvalue weighted by Gasteiger charge is -2.09. The summed E-state index contributed by atoms with van der Waals surface area (Å²) in [4.78, 5) is 4.32. The van der Waals surface area contributed by atoms with Crippen molar-refractivity contribution in [1.82, 2.24) is 4.98 Å². The number of anilines is 2. The first-order chi connectivity index (χ1) is 7.77. The highest BCUT2D eigenvalue weighted by atomic mass is 16.5. The van der Waals surface area contributed by atoms with E-state index in [1.54, 1.807) is 0 Å². The Bertz CT molecular complexity index is 315. The number of nitrogen functional groups attached to an aromatic ring is 1. The molecule has 1 aromatic rings. The molecule has 0 saturated heterocycles. The monoisotopic (exact) mass is 223 g/mol. The van der Waals surface area contributed by atoms with Gasteiger partial charge in [0.15, 0.2) is 0 Å². The summed E-state index contributed by atoms with van der Waals surface area (Å²) >= 11 is 0. The summed E-state index contributed by atoms with van der Waals surface area (Å²) in [6, 6.07) is 3.70. The van der Waals surface area contributed by atoms with Crippen LogP contribution in [0.3, 0.4) is 0 Å². The molecule has 4 nitrogen and oxygen atoms in total. The largest absolute Gasteiger partial charge is 0.476 e. The lowest BCUT2D eigenvalue weighted by Crippen LogP contribution is -2.06. The topological polar surface area (TPSA) is 60.2 Å². The van der Waals surface area contributed by atoms with Crippen molar-refractivity contribution in [3.05, 3.63) is 12.1 Å². The Morgan fingerprint density at radius 2 is 2.12 bits per heavy atom. The van der Waals surface area contributed by atoms with Crippen molar-refractivity contribution in [1.29, 1.82) is 0 Å². The number of nitrogens with one attached hydrogen (secondary N) is 1. The maximum atomic E-state index is 5.77. The van der Waals surface area contributed by atoms with Crippen molar-refractivity contribution in [3.8, 4) is 5.88 Å². The highest BCUT2D eigenvalue weighted by Gasteiger charge is 2.03. The van der Waals surface area contributed by atoms with E-state index in [-0.39, 0.29) is 0 Å². The molecule has 0 spiro atoms. The van der Waals surface area contributed by atoms with E-state index in [1.807, 2.05) is 12.1 Å². The Hall–Kier alpha value is -1.45. The average molecular weight is 223 g/mol. The molecule has 0 aliphatic heterocycles. The van der Waals surface area contributed by atoms with Crippen LogP contribution in [0, 0.1) is 0 Å². The Balaban J connectivity index is 2.58. The highest BCUT2D eigenvalue weighted by Crippen LogP contribution is 2.20. The number of ether oxygens (including phenoxy) is 1. The van der Waals surface area contributed by atoms with Crippen molar-refractivity contribution in [2.24, 2.45) is 0 Å². The maximum absolute atomic E-state index is 5.77. The molecular weight excluding hydrogens is 202 g/mol. The minimum Gasteiger partial charge on any atom is -0.476 e. The van der Waals surface area contributed by atoms with Gasteiger partial charge in [0.2, 0.25) is 5.88 Å². The molecule has 90 valence electrons. The van der Waals surface area contributed by atoms with Gasteiger partial charge in [0.1, 0.15) is 5.82 Å². The van der Waals surface area contributed by atoms with E-state index < -0.39 is 0 Å². The van der Waals surface area contributed by atoms with Crippen LogP contribution < -0.4 is 15.8 Å². The smallest absolute Gasteiger partial charge is 0.239 e. The minimum atomic E-state index is 0.531. The van der Waals surface area contributed by atoms with Crippen LogP contribution in [-0.4, -0.2) is 18.1 Å². The maximum Gasteiger partial charge on any atom is 0.239 e. The first-order valence-corrected chi connectivity index (χ1v) is 5.91. The van der Waals surface area contributed by atoms with E-state index in [2.05, 4.69) is 24.1 Å². The molecule has 0 unspecified atom stereocenters. The predicted octanol–water partition coefficient (Wildman–Crippen LogP) is 2.66. The molecule has 1 rings (SSSR count). The van der Waals surface area contributed by atoms with Crippen molar-refractivity contribution >= 4 is 11.5 Å². The summed E-state index contributed by atoms with van der Waals surface area (Å²) < 4.78 is 5.46. The van der Waals surface area contributed by atoms with Gasteiger partial charge in [-0.15, -0.1) is 0 Å². The third-order valence-electron chi connectivity index (χ3n) is 2.17. The number of rotatable bonds is 7. The molecule has 0 saturated carbocycles. The standard InChI is InChI=1S/C12H21N3O/c1-3-5-8-14-11-7-6-10(13)12(15-11)16-9-4-2/h6-7H,3-5,8-9,13H2,1-2H3,(H,14,15). The van der Waals surface area contributed by atoms with Crippen LogP contribution >= 0.6 is 0 Å². The van der Waals surface area contributed by atoms with Gasteiger partial charge in [-0.3, -0.25) is 0 Å². The van der Waals surface area contributed by atoms with Crippen molar-refractivity contribution < 1.29 is 4.74 Å². The fourth-order valence-corrected chi connectivity index (χ4v) is 1.26. The van der Waals surface area contributed by atoms with Gasteiger partial charge < -0.3 is 15.8 Å². The van der Waals surface area contributed by atoms with Crippen molar-refractivity contribution in [2.75, 3.05) is 24.2 Å². The van der Waals surface area contributed by atoms with Gasteiger partial charge in [-0.05, 0) is 25.0 Å². The number of aromatic nitrogens is 1. The summed E-state index contributed by atoms with van der Waals surface area (Å²) in [5.41, 5.74) is 6.36. The zero-order chi connectivity index (χ0) is 11.8. The lowest BCUT2D eigenvalue weighted by molar-refractivity contribution is 0.307. The van der Waals surface area contributed by atoms with Crippen LogP contribution in [-0.2, 0) is 0 Å². The van der Waals surface area contributed by atoms with Crippen LogP contribution in [0.5, 0.6) is 5.88 Å². The quantitative estimate of drug-likeness (QED) is 0.698. The first kappa shape index (κ1) is 12.6. The molecule has 0 atom stereocenters. The van der Waals surface area contributed by atoms with Crippen molar-refractivity contribution in [2.45, 2.75) is 33.1 Å². The molecule has 0 aliphatic rings. The number of hydrogen-bond acceptors (Lipinski definition) is 4. The molecule has 0 bridgehead atoms. The zero-order valence-electron chi connectivity index (χ0n) is 10.1. The van der Waals surface area contributed by atoms with Crippen LogP contribution in [0.2, 0.25) is 0 Å². The van der Waals surface area contributed by atoms with E-state index in [9.17, 15) is 0 Å². The van der Waals surface area contributed by atoms with E-state index in [0.29, 0.717) is 18.2 Å². The molecule has 0 aliphatic carbocycles. The predicted molar refractivity (Wildman–Crippen MR) is 67.8 cm³/mol. The van der Waals surface area contributed by atoms with E-state index in [1.165, 1.54) is 6.42 Å². The van der Waals surface area contributed by atoms with Crippen LogP contribution in [0.15, 0.2) is 12.1 Å². The van der Waals surface area contributed by atoms with Gasteiger partial charge in [0.05, 0.1) is 12.3 Å². The molecule has 1 heterocycles. The molecule has 4 heteroatoms. The molecule has 0 aromatic carbocycles. The highest BCUT2D eigenvalue weighted by molar-refractivity contribution is 5.53. The second-order valence-electron chi connectivity index (χ2n) is 3.72. The van der Waals surface area contributed by atoms with Gasteiger partial charge in [-0.25, -0.2) is 0 Å². The molecule has 0 fully saturated rings. The third-order valence-corrected chi connectivity index (χ3v) is 2.17. The normalized spacial score (nSPS) is 10.1. The fourth-order valence-electron chi connectivity index (χ4n) is 1.26. The van der Waals surface area contributed by atoms with E-state index >= 15 is 0 Å². The molecule has 16 heavy (non-hydrogen) atoms. The molecule has 3 N–H and O–H groups in total. The second kappa shape index (κ2) is 6.93. The lowest BCUT2D eigenvalue weighted by atomic mass is 10.3. The molecule has 0 amide bonds. The van der Waals surface area contributed by atoms with Gasteiger partial charge in [-0.1, -0.05) is 20.3 Å². The molecular formula is C12H21N3O. The minimum absolute atomic E-state index is 0.531. The summed E-state index contributed by atoms with van der Waals surface area (Å²) in [7, 11) is 0.